The molecule has 3 nitrogen and oxygen atoms in total. The molecule has 3 heteroatoms. The molecule has 0 amide bonds. The number of allylic oxidation sites excluding steroid dienone is 2. The first-order valence-corrected chi connectivity index (χ1v) is 9.00. The Labute approximate surface area is 146 Å². The summed E-state index contributed by atoms with van der Waals surface area (Å²) in [6, 6.07) is 7.30. The molecule has 1 aromatic rings. The topological polar surface area (TPSA) is 38.7 Å². The number of benzene rings is 1. The lowest BCUT2D eigenvalue weighted by atomic mass is 9.93. The van der Waals surface area contributed by atoms with Gasteiger partial charge in [0.2, 0.25) is 0 Å². The average molecular weight is 329 g/mol. The molecule has 0 radical (unpaired) electrons. The minimum absolute atomic E-state index is 0.346. The number of rotatable bonds is 10. The lowest BCUT2D eigenvalue weighted by Crippen LogP contribution is -2.03. The van der Waals surface area contributed by atoms with Crippen LogP contribution in [0.4, 0.5) is 5.69 Å². The molecule has 132 valence electrons. The number of carbonyl (C=O) groups excluding carboxylic acids is 1. The molecule has 0 aromatic heterocycles. The number of unbranched alkanes of at least 4 members (excludes halogenated alkanes) is 3. The smallest absolute Gasteiger partial charge is 0.340 e. The molecule has 0 N–H and O–H groups in total. The van der Waals surface area contributed by atoms with Gasteiger partial charge in [0.1, 0.15) is 0 Å². The highest BCUT2D eigenvalue weighted by Gasteiger charge is 2.10. The maximum atomic E-state index is 11.8. The molecule has 0 saturated carbocycles. The Bertz CT molecular complexity index is 561. The van der Waals surface area contributed by atoms with E-state index in [0.29, 0.717) is 17.2 Å². The fourth-order valence-electron chi connectivity index (χ4n) is 2.71. The molecule has 0 saturated heterocycles. The fourth-order valence-corrected chi connectivity index (χ4v) is 2.71. The summed E-state index contributed by atoms with van der Waals surface area (Å²) in [5, 5.41) is 0. The molecule has 1 unspecified atom stereocenters. The van der Waals surface area contributed by atoms with Gasteiger partial charge in [-0.15, -0.1) is 0 Å². The maximum Gasteiger partial charge on any atom is 0.340 e. The second-order valence-electron chi connectivity index (χ2n) is 6.11. The van der Waals surface area contributed by atoms with Gasteiger partial charge in [0.05, 0.1) is 18.4 Å². The Hall–Kier alpha value is -1.90. The van der Waals surface area contributed by atoms with Crippen molar-refractivity contribution in [2.45, 2.75) is 59.3 Å². The van der Waals surface area contributed by atoms with E-state index >= 15 is 0 Å². The van der Waals surface area contributed by atoms with Crippen LogP contribution in [0.2, 0.25) is 0 Å². The van der Waals surface area contributed by atoms with Crippen molar-refractivity contribution in [1.82, 2.24) is 0 Å². The molecular weight excluding hydrogens is 298 g/mol. The lowest BCUT2D eigenvalue weighted by molar-refractivity contribution is 0.0601. The monoisotopic (exact) mass is 329 g/mol. The molecule has 1 aromatic carbocycles. The van der Waals surface area contributed by atoms with Crippen LogP contribution in [-0.2, 0) is 4.74 Å². The Balaban J connectivity index is 2.69. The Morgan fingerprint density at radius 3 is 2.67 bits per heavy atom. The maximum absolute atomic E-state index is 11.8. The van der Waals surface area contributed by atoms with Crippen LogP contribution in [0.15, 0.2) is 40.9 Å². The van der Waals surface area contributed by atoms with E-state index in [2.05, 4.69) is 31.8 Å². The quantitative estimate of drug-likeness (QED) is 0.224. The van der Waals surface area contributed by atoms with Crippen molar-refractivity contribution in [3.8, 4) is 0 Å². The largest absolute Gasteiger partial charge is 0.465 e. The molecular formula is C21H31NO2. The van der Waals surface area contributed by atoms with E-state index in [9.17, 15) is 4.79 Å². The molecule has 0 aliphatic heterocycles. The van der Waals surface area contributed by atoms with Gasteiger partial charge in [-0.05, 0) is 50.7 Å². The highest BCUT2D eigenvalue weighted by atomic mass is 16.5. The van der Waals surface area contributed by atoms with Crippen LogP contribution in [0, 0.1) is 5.92 Å². The van der Waals surface area contributed by atoms with E-state index in [1.807, 2.05) is 24.4 Å². The first-order valence-electron chi connectivity index (χ1n) is 9.00. The molecule has 24 heavy (non-hydrogen) atoms. The highest BCUT2D eigenvalue weighted by Crippen LogP contribution is 2.22. The normalized spacial score (nSPS) is 13.2. The van der Waals surface area contributed by atoms with E-state index in [1.54, 1.807) is 6.07 Å². The zero-order chi connectivity index (χ0) is 17.8. The highest BCUT2D eigenvalue weighted by molar-refractivity contribution is 5.95. The van der Waals surface area contributed by atoms with Gasteiger partial charge >= 0.3 is 5.97 Å². The fraction of sp³-hybridized carbons (Fsp3) is 0.524. The van der Waals surface area contributed by atoms with Crippen molar-refractivity contribution in [2.24, 2.45) is 10.9 Å². The number of hydrogen-bond donors (Lipinski definition) is 0. The van der Waals surface area contributed by atoms with Gasteiger partial charge in [-0.3, -0.25) is 4.99 Å². The van der Waals surface area contributed by atoms with E-state index < -0.39 is 0 Å². The van der Waals surface area contributed by atoms with E-state index in [-0.39, 0.29) is 5.97 Å². The van der Waals surface area contributed by atoms with E-state index in [4.69, 9.17) is 4.74 Å². The third kappa shape index (κ3) is 6.69. The number of carbonyl (C=O) groups is 1. The number of esters is 1. The first-order chi connectivity index (χ1) is 11.6. The summed E-state index contributed by atoms with van der Waals surface area (Å²) >= 11 is 0. The van der Waals surface area contributed by atoms with Crippen LogP contribution < -0.4 is 0 Å². The minimum atomic E-state index is -0.346. The second kappa shape index (κ2) is 11.6. The summed E-state index contributed by atoms with van der Waals surface area (Å²) in [5.41, 5.74) is 2.63. The molecule has 0 aliphatic rings. The zero-order valence-electron chi connectivity index (χ0n) is 15.5. The Kier molecular flexibility index (Phi) is 9.74. The number of ether oxygens (including phenoxy) is 1. The van der Waals surface area contributed by atoms with Crippen molar-refractivity contribution >= 4 is 17.9 Å². The zero-order valence-corrected chi connectivity index (χ0v) is 15.5. The number of aliphatic imine (C=N–C) groups is 1. The predicted molar refractivity (Wildman–Crippen MR) is 102 cm³/mol. The lowest BCUT2D eigenvalue weighted by Gasteiger charge is -2.13. The standard InChI is InChI=1S/C21H31NO2/c1-5-7-8-9-12-17(3)18(6-2)15-16-22-20-14-11-10-13-19(20)21(23)24-4/h10-14,16,18H,5-9,15H2,1-4H3. The molecule has 0 fully saturated rings. The van der Waals surface area contributed by atoms with Crippen molar-refractivity contribution in [3.63, 3.8) is 0 Å². The number of nitrogens with zero attached hydrogens (tertiary/aromatic N) is 1. The second-order valence-corrected chi connectivity index (χ2v) is 6.11. The summed E-state index contributed by atoms with van der Waals surface area (Å²) in [7, 11) is 1.39. The van der Waals surface area contributed by atoms with Crippen molar-refractivity contribution in [1.29, 1.82) is 0 Å². The van der Waals surface area contributed by atoms with Gasteiger partial charge in [0.25, 0.3) is 0 Å². The van der Waals surface area contributed by atoms with E-state index in [1.165, 1.54) is 38.4 Å². The van der Waals surface area contributed by atoms with Gasteiger partial charge in [0.15, 0.2) is 0 Å². The van der Waals surface area contributed by atoms with E-state index in [0.717, 1.165) is 12.8 Å². The SMILES string of the molecule is CCCCCC=C(C)C(CC)CC=Nc1ccccc1C(=O)OC. The Morgan fingerprint density at radius 2 is 2.00 bits per heavy atom. The molecule has 1 rings (SSSR count). The van der Waals surface area contributed by atoms with Crippen LogP contribution in [0.3, 0.4) is 0 Å². The summed E-state index contributed by atoms with van der Waals surface area (Å²) in [6.45, 7) is 6.66. The van der Waals surface area contributed by atoms with Gasteiger partial charge in [-0.1, -0.05) is 50.5 Å². The molecule has 0 bridgehead atoms. The summed E-state index contributed by atoms with van der Waals surface area (Å²) in [4.78, 5) is 16.3. The molecule has 1 atom stereocenters. The van der Waals surface area contributed by atoms with Gasteiger partial charge in [-0.25, -0.2) is 4.79 Å². The molecule has 0 aliphatic carbocycles. The number of methoxy groups -OCH3 is 1. The Morgan fingerprint density at radius 1 is 1.25 bits per heavy atom. The van der Waals surface area contributed by atoms with Crippen molar-refractivity contribution in [3.05, 3.63) is 41.5 Å². The van der Waals surface area contributed by atoms with Gasteiger partial charge in [-0.2, -0.15) is 0 Å². The van der Waals surface area contributed by atoms with Crippen LogP contribution in [0.5, 0.6) is 0 Å². The average Bonchev–Trinajstić information content (AvgIpc) is 2.62. The third-order valence-corrected chi connectivity index (χ3v) is 4.34. The number of hydrogen-bond acceptors (Lipinski definition) is 3. The van der Waals surface area contributed by atoms with Crippen molar-refractivity contribution < 1.29 is 9.53 Å². The van der Waals surface area contributed by atoms with Gasteiger partial charge < -0.3 is 4.74 Å². The van der Waals surface area contributed by atoms with Gasteiger partial charge in [0, 0.05) is 6.21 Å². The summed E-state index contributed by atoms with van der Waals surface area (Å²) in [6.07, 6.45) is 11.3. The predicted octanol–water partition coefficient (Wildman–Crippen LogP) is 6.12. The van der Waals surface area contributed by atoms with Crippen LogP contribution in [-0.4, -0.2) is 19.3 Å². The third-order valence-electron chi connectivity index (χ3n) is 4.34. The first kappa shape index (κ1) is 20.1. The van der Waals surface area contributed by atoms with Crippen LogP contribution >= 0.6 is 0 Å². The minimum Gasteiger partial charge on any atom is -0.465 e. The summed E-state index contributed by atoms with van der Waals surface area (Å²) < 4.78 is 4.81. The number of para-hydroxylation sites is 1. The molecule has 0 spiro atoms. The molecule has 0 heterocycles. The van der Waals surface area contributed by atoms with Crippen LogP contribution in [0.1, 0.15) is 69.7 Å². The van der Waals surface area contributed by atoms with Crippen LogP contribution in [0.25, 0.3) is 0 Å². The van der Waals surface area contributed by atoms with Crippen molar-refractivity contribution in [2.75, 3.05) is 7.11 Å². The summed E-state index contributed by atoms with van der Waals surface area (Å²) in [5.74, 6) is 0.169.